The van der Waals surface area contributed by atoms with Crippen molar-refractivity contribution in [2.75, 3.05) is 6.54 Å². The fourth-order valence-electron chi connectivity index (χ4n) is 4.79. The van der Waals surface area contributed by atoms with Gasteiger partial charge in [-0.3, -0.25) is 14.5 Å². The standard InChI is InChI=1S/C27H23NO3/c1-20-19-24(29)28(25(20)30)18-17-26(21-11-5-2-6-12-21)27(31-26,22-13-7-3-8-14-22)23-15-9-4-10-16-23/h2-16,19H,17-18H2,1H3. The Bertz CT molecular complexity index is 1120. The van der Waals surface area contributed by atoms with E-state index in [1.54, 1.807) is 6.92 Å². The predicted octanol–water partition coefficient (Wildman–Crippen LogP) is 4.56. The van der Waals surface area contributed by atoms with Gasteiger partial charge in [-0.15, -0.1) is 0 Å². The van der Waals surface area contributed by atoms with E-state index in [1.807, 2.05) is 54.6 Å². The minimum Gasteiger partial charge on any atom is -0.347 e. The molecule has 1 fully saturated rings. The van der Waals surface area contributed by atoms with Gasteiger partial charge >= 0.3 is 0 Å². The van der Waals surface area contributed by atoms with E-state index in [-0.39, 0.29) is 11.8 Å². The molecule has 0 bridgehead atoms. The number of hydrogen-bond acceptors (Lipinski definition) is 3. The molecule has 1 unspecified atom stereocenters. The normalized spacial score (nSPS) is 21.8. The van der Waals surface area contributed by atoms with Crippen molar-refractivity contribution < 1.29 is 14.3 Å². The van der Waals surface area contributed by atoms with Crippen LogP contribution in [0.25, 0.3) is 0 Å². The van der Waals surface area contributed by atoms with E-state index >= 15 is 0 Å². The van der Waals surface area contributed by atoms with Gasteiger partial charge in [0.1, 0.15) is 5.60 Å². The summed E-state index contributed by atoms with van der Waals surface area (Å²) in [5, 5.41) is 0. The number of hydrogen-bond donors (Lipinski definition) is 0. The molecule has 0 N–H and O–H groups in total. The largest absolute Gasteiger partial charge is 0.347 e. The summed E-state index contributed by atoms with van der Waals surface area (Å²) < 4.78 is 6.74. The van der Waals surface area contributed by atoms with Crippen LogP contribution in [0.5, 0.6) is 0 Å². The van der Waals surface area contributed by atoms with Crippen LogP contribution in [0.1, 0.15) is 30.0 Å². The highest BCUT2D eigenvalue weighted by molar-refractivity contribution is 6.15. The Morgan fingerprint density at radius 1 is 0.742 bits per heavy atom. The maximum absolute atomic E-state index is 12.5. The number of benzene rings is 3. The molecule has 2 aliphatic heterocycles. The van der Waals surface area contributed by atoms with Gasteiger partial charge in [0.05, 0.1) is 0 Å². The molecule has 0 aliphatic carbocycles. The van der Waals surface area contributed by atoms with Gasteiger partial charge in [0, 0.05) is 24.6 Å². The van der Waals surface area contributed by atoms with E-state index in [4.69, 9.17) is 4.74 Å². The lowest BCUT2D eigenvalue weighted by Gasteiger charge is -2.24. The average Bonchev–Trinajstić information content (AvgIpc) is 3.45. The van der Waals surface area contributed by atoms with Crippen molar-refractivity contribution in [3.8, 4) is 0 Å². The lowest BCUT2D eigenvalue weighted by atomic mass is 9.75. The molecular formula is C27H23NO3. The topological polar surface area (TPSA) is 49.9 Å². The third-order valence-corrected chi connectivity index (χ3v) is 6.33. The second kappa shape index (κ2) is 7.33. The summed E-state index contributed by atoms with van der Waals surface area (Å²) in [5.74, 6) is -0.477. The van der Waals surface area contributed by atoms with Gasteiger partial charge in [0.2, 0.25) is 0 Å². The highest BCUT2D eigenvalue weighted by atomic mass is 16.6. The van der Waals surface area contributed by atoms with E-state index in [9.17, 15) is 9.59 Å². The molecule has 4 heteroatoms. The summed E-state index contributed by atoms with van der Waals surface area (Å²) >= 11 is 0. The van der Waals surface area contributed by atoms with Crippen LogP contribution in [-0.4, -0.2) is 23.3 Å². The second-order valence-corrected chi connectivity index (χ2v) is 8.08. The predicted molar refractivity (Wildman–Crippen MR) is 118 cm³/mol. The van der Waals surface area contributed by atoms with Crippen LogP contribution in [0, 0.1) is 0 Å². The Morgan fingerprint density at radius 2 is 1.23 bits per heavy atom. The third kappa shape index (κ3) is 2.94. The lowest BCUT2D eigenvalue weighted by Crippen LogP contribution is -2.35. The maximum Gasteiger partial charge on any atom is 0.256 e. The highest BCUT2D eigenvalue weighted by Gasteiger charge is 2.72. The average molecular weight is 409 g/mol. The van der Waals surface area contributed by atoms with Gasteiger partial charge in [-0.25, -0.2) is 0 Å². The highest BCUT2D eigenvalue weighted by Crippen LogP contribution is 2.67. The molecule has 31 heavy (non-hydrogen) atoms. The van der Waals surface area contributed by atoms with E-state index in [1.165, 1.54) is 11.0 Å². The summed E-state index contributed by atoms with van der Waals surface area (Å²) in [6.45, 7) is 1.97. The first kappa shape index (κ1) is 19.5. The van der Waals surface area contributed by atoms with Crippen LogP contribution in [0.4, 0.5) is 0 Å². The van der Waals surface area contributed by atoms with Crippen molar-refractivity contribution in [1.29, 1.82) is 0 Å². The molecule has 2 heterocycles. The Balaban J connectivity index is 1.60. The summed E-state index contributed by atoms with van der Waals surface area (Å²) in [4.78, 5) is 26.2. The Kier molecular flexibility index (Phi) is 4.60. The van der Waals surface area contributed by atoms with Crippen molar-refractivity contribution >= 4 is 11.8 Å². The molecule has 3 aromatic carbocycles. The SMILES string of the molecule is CC1=CC(=O)N(CCC2(c3ccccc3)OC2(c2ccccc2)c2ccccc2)C1=O. The summed E-state index contributed by atoms with van der Waals surface area (Å²) in [7, 11) is 0. The molecule has 0 saturated carbocycles. The zero-order chi connectivity index (χ0) is 21.5. The van der Waals surface area contributed by atoms with Crippen LogP contribution in [0.3, 0.4) is 0 Å². The molecule has 0 aromatic heterocycles. The first-order valence-corrected chi connectivity index (χ1v) is 10.5. The first-order chi connectivity index (χ1) is 15.1. The van der Waals surface area contributed by atoms with Gasteiger partial charge in [-0.1, -0.05) is 91.0 Å². The number of carbonyl (C=O) groups is 2. The number of carbonyl (C=O) groups excluding carboxylic acids is 2. The molecule has 3 aromatic rings. The number of rotatable bonds is 6. The molecule has 1 atom stereocenters. The number of nitrogens with zero attached hydrogens (tertiary/aromatic N) is 1. The lowest BCUT2D eigenvalue weighted by molar-refractivity contribution is -0.137. The fraction of sp³-hybridized carbons (Fsp3) is 0.185. The zero-order valence-corrected chi connectivity index (χ0v) is 17.3. The Hall–Kier alpha value is -3.50. The Morgan fingerprint density at radius 3 is 1.68 bits per heavy atom. The third-order valence-electron chi connectivity index (χ3n) is 6.33. The van der Waals surface area contributed by atoms with Gasteiger partial charge in [0.15, 0.2) is 5.60 Å². The van der Waals surface area contributed by atoms with Crippen LogP contribution >= 0.6 is 0 Å². The van der Waals surface area contributed by atoms with Crippen molar-refractivity contribution in [2.24, 2.45) is 0 Å². The number of ether oxygens (including phenoxy) is 1. The maximum atomic E-state index is 12.5. The minimum atomic E-state index is -0.689. The molecule has 1 saturated heterocycles. The Labute approximate surface area is 181 Å². The number of imide groups is 1. The van der Waals surface area contributed by atoms with E-state index in [0.717, 1.165) is 16.7 Å². The molecule has 154 valence electrons. The minimum absolute atomic E-state index is 0.223. The second-order valence-electron chi connectivity index (χ2n) is 8.08. The van der Waals surface area contributed by atoms with Crippen LogP contribution in [-0.2, 0) is 25.5 Å². The quantitative estimate of drug-likeness (QED) is 0.443. The van der Waals surface area contributed by atoms with Gasteiger partial charge in [-0.05, 0) is 23.6 Å². The van der Waals surface area contributed by atoms with Crippen LogP contribution < -0.4 is 0 Å². The van der Waals surface area contributed by atoms with Crippen molar-refractivity contribution in [3.63, 3.8) is 0 Å². The smallest absolute Gasteiger partial charge is 0.256 e. The van der Waals surface area contributed by atoms with E-state index < -0.39 is 11.2 Å². The zero-order valence-electron chi connectivity index (χ0n) is 17.3. The van der Waals surface area contributed by atoms with Crippen molar-refractivity contribution in [3.05, 3.63) is 119 Å². The van der Waals surface area contributed by atoms with Crippen LogP contribution in [0.15, 0.2) is 103 Å². The molecule has 0 spiro atoms. The van der Waals surface area contributed by atoms with Gasteiger partial charge < -0.3 is 4.74 Å². The first-order valence-electron chi connectivity index (χ1n) is 10.5. The van der Waals surface area contributed by atoms with Gasteiger partial charge in [-0.2, -0.15) is 0 Å². The molecule has 5 rings (SSSR count). The molecule has 2 aliphatic rings. The summed E-state index contributed by atoms with van der Waals surface area (Å²) in [6, 6.07) is 30.4. The van der Waals surface area contributed by atoms with Crippen LogP contribution in [0.2, 0.25) is 0 Å². The molecule has 4 nitrogen and oxygen atoms in total. The summed E-state index contributed by atoms with van der Waals surface area (Å²) in [5.41, 5.74) is 2.25. The van der Waals surface area contributed by atoms with E-state index in [0.29, 0.717) is 18.5 Å². The fourth-order valence-corrected chi connectivity index (χ4v) is 4.79. The van der Waals surface area contributed by atoms with Crippen molar-refractivity contribution in [2.45, 2.75) is 24.5 Å². The monoisotopic (exact) mass is 409 g/mol. The summed E-state index contributed by atoms with van der Waals surface area (Å²) in [6.07, 6.45) is 1.91. The molecular weight excluding hydrogens is 386 g/mol. The van der Waals surface area contributed by atoms with E-state index in [2.05, 4.69) is 36.4 Å². The van der Waals surface area contributed by atoms with Crippen molar-refractivity contribution in [1.82, 2.24) is 4.90 Å². The number of amides is 2. The van der Waals surface area contributed by atoms with Gasteiger partial charge in [0.25, 0.3) is 11.8 Å². The molecule has 2 amide bonds. The number of epoxide rings is 1. The molecule has 0 radical (unpaired) electrons.